The minimum atomic E-state index is -0.913. The molecule has 2 aromatic rings. The number of aromatic nitrogens is 2. The predicted molar refractivity (Wildman–Crippen MR) is 128 cm³/mol. The molecule has 182 valence electrons. The van der Waals surface area contributed by atoms with Crippen molar-refractivity contribution in [2.24, 2.45) is 0 Å². The van der Waals surface area contributed by atoms with Crippen LogP contribution in [0.1, 0.15) is 84.3 Å². The maximum absolute atomic E-state index is 13.2. The first kappa shape index (κ1) is 25.0. The Hall–Kier alpha value is -2.61. The second-order valence-corrected chi connectivity index (χ2v) is 11.0. The van der Waals surface area contributed by atoms with Gasteiger partial charge in [0.2, 0.25) is 0 Å². The lowest BCUT2D eigenvalue weighted by Crippen LogP contribution is -2.56. The van der Waals surface area contributed by atoms with E-state index < -0.39 is 17.3 Å². The fraction of sp³-hybridized carbons (Fsp3) is 0.640. The maximum atomic E-state index is 13.2. The lowest BCUT2D eigenvalue weighted by atomic mass is 9.90. The summed E-state index contributed by atoms with van der Waals surface area (Å²) in [4.78, 5) is 27.8. The Morgan fingerprint density at radius 1 is 1.18 bits per heavy atom. The van der Waals surface area contributed by atoms with Gasteiger partial charge in [-0.15, -0.1) is 0 Å². The van der Waals surface area contributed by atoms with Crippen LogP contribution in [0.25, 0.3) is 10.9 Å². The summed E-state index contributed by atoms with van der Waals surface area (Å²) in [5.41, 5.74) is -0.234. The van der Waals surface area contributed by atoms with Crippen molar-refractivity contribution in [3.8, 4) is 0 Å². The number of nitrogens with zero attached hydrogens (tertiary/aromatic N) is 3. The van der Waals surface area contributed by atoms with Gasteiger partial charge in [0.25, 0.3) is 5.91 Å². The SMILES string of the molecule is CC(C)n1nc(C(=O)N[C@@H]2CC[C@H](CC(C)(C)O)N(C(=O)OC(C)(C)C)C2)c2ccccc21. The van der Waals surface area contributed by atoms with E-state index in [0.717, 1.165) is 10.9 Å². The Balaban J connectivity index is 1.80. The van der Waals surface area contributed by atoms with E-state index in [4.69, 9.17) is 4.74 Å². The van der Waals surface area contributed by atoms with Crippen molar-refractivity contribution in [3.05, 3.63) is 30.0 Å². The summed E-state index contributed by atoms with van der Waals surface area (Å²) in [6, 6.07) is 7.44. The molecule has 1 saturated heterocycles. The van der Waals surface area contributed by atoms with Crippen LogP contribution in [-0.4, -0.2) is 61.6 Å². The Kier molecular flexibility index (Phi) is 7.07. The first-order valence-corrected chi connectivity index (χ1v) is 11.8. The molecule has 1 aromatic heterocycles. The van der Waals surface area contributed by atoms with E-state index >= 15 is 0 Å². The first-order chi connectivity index (χ1) is 15.2. The van der Waals surface area contributed by atoms with Gasteiger partial charge in [-0.3, -0.25) is 9.48 Å². The molecular weight excluding hydrogens is 420 g/mol. The molecule has 1 aromatic carbocycles. The quantitative estimate of drug-likeness (QED) is 0.697. The molecule has 3 rings (SSSR count). The van der Waals surface area contributed by atoms with E-state index in [2.05, 4.69) is 10.4 Å². The molecule has 1 fully saturated rings. The fourth-order valence-electron chi connectivity index (χ4n) is 4.38. The number of nitrogens with one attached hydrogen (secondary N) is 1. The summed E-state index contributed by atoms with van der Waals surface area (Å²) in [5, 5.41) is 18.8. The van der Waals surface area contributed by atoms with Crippen LogP contribution >= 0.6 is 0 Å². The third-order valence-corrected chi connectivity index (χ3v) is 5.72. The van der Waals surface area contributed by atoms with Crippen molar-refractivity contribution < 1.29 is 19.4 Å². The Morgan fingerprint density at radius 2 is 1.85 bits per heavy atom. The van der Waals surface area contributed by atoms with Gasteiger partial charge in [0.1, 0.15) is 5.60 Å². The van der Waals surface area contributed by atoms with Gasteiger partial charge in [-0.25, -0.2) is 4.79 Å². The number of rotatable bonds is 5. The molecule has 0 saturated carbocycles. The van der Waals surface area contributed by atoms with E-state index in [0.29, 0.717) is 31.5 Å². The number of fused-ring (bicyclic) bond motifs is 1. The van der Waals surface area contributed by atoms with Crippen LogP contribution in [0.5, 0.6) is 0 Å². The number of carbonyl (C=O) groups is 2. The van der Waals surface area contributed by atoms with Crippen molar-refractivity contribution in [3.63, 3.8) is 0 Å². The molecule has 2 amide bonds. The Bertz CT molecular complexity index is 1000. The molecule has 1 aliphatic rings. The van der Waals surface area contributed by atoms with Gasteiger partial charge in [-0.2, -0.15) is 5.10 Å². The average Bonchev–Trinajstić information content (AvgIpc) is 3.07. The van der Waals surface area contributed by atoms with E-state index in [1.165, 1.54) is 0 Å². The standard InChI is InChI=1S/C25H38N4O4/c1-16(2)29-20-11-9-8-10-19(20)21(27-29)22(30)26-17-12-13-18(14-25(6,7)32)28(15-17)23(31)33-24(3,4)5/h8-11,16-18,32H,12-15H2,1-7H3,(H,26,30)/t17-,18-/m1/s1. The van der Waals surface area contributed by atoms with Crippen LogP contribution in [-0.2, 0) is 4.74 Å². The number of benzene rings is 1. The maximum Gasteiger partial charge on any atom is 0.410 e. The minimum Gasteiger partial charge on any atom is -0.444 e. The highest BCUT2D eigenvalue weighted by molar-refractivity contribution is 6.05. The zero-order valence-corrected chi connectivity index (χ0v) is 20.9. The largest absolute Gasteiger partial charge is 0.444 e. The van der Waals surface area contributed by atoms with Gasteiger partial charge in [-0.05, 0) is 73.8 Å². The van der Waals surface area contributed by atoms with E-state index in [-0.39, 0.29) is 24.0 Å². The Morgan fingerprint density at radius 3 is 2.45 bits per heavy atom. The Labute approximate surface area is 196 Å². The van der Waals surface area contributed by atoms with Crippen LogP contribution in [0.3, 0.4) is 0 Å². The number of hydrogen-bond acceptors (Lipinski definition) is 5. The molecule has 0 aliphatic carbocycles. The molecule has 1 aliphatic heterocycles. The lowest BCUT2D eigenvalue weighted by Gasteiger charge is -2.42. The van der Waals surface area contributed by atoms with Gasteiger partial charge >= 0.3 is 6.09 Å². The topological polar surface area (TPSA) is 96.7 Å². The van der Waals surface area contributed by atoms with Gasteiger partial charge in [0, 0.05) is 30.1 Å². The summed E-state index contributed by atoms with van der Waals surface area (Å²) in [7, 11) is 0. The number of ether oxygens (including phenoxy) is 1. The van der Waals surface area contributed by atoms with Crippen LogP contribution in [0.15, 0.2) is 24.3 Å². The summed E-state index contributed by atoms with van der Waals surface area (Å²) < 4.78 is 7.48. The number of aliphatic hydroxyl groups is 1. The summed E-state index contributed by atoms with van der Waals surface area (Å²) >= 11 is 0. The van der Waals surface area contributed by atoms with Crippen LogP contribution < -0.4 is 5.32 Å². The van der Waals surface area contributed by atoms with Crippen LogP contribution in [0.2, 0.25) is 0 Å². The second kappa shape index (κ2) is 9.33. The van der Waals surface area contributed by atoms with Crippen LogP contribution in [0, 0.1) is 0 Å². The molecule has 0 unspecified atom stereocenters. The molecule has 0 spiro atoms. The van der Waals surface area contributed by atoms with Gasteiger partial charge < -0.3 is 20.1 Å². The van der Waals surface area contributed by atoms with Gasteiger partial charge in [0.05, 0.1) is 11.1 Å². The summed E-state index contributed by atoms with van der Waals surface area (Å²) in [6.07, 6.45) is 1.38. The minimum absolute atomic E-state index is 0.122. The smallest absolute Gasteiger partial charge is 0.410 e. The molecule has 2 atom stereocenters. The molecule has 0 radical (unpaired) electrons. The van der Waals surface area contributed by atoms with Crippen molar-refractivity contribution in [1.82, 2.24) is 20.0 Å². The van der Waals surface area contributed by atoms with Crippen molar-refractivity contribution in [2.45, 2.75) is 97.1 Å². The average molecular weight is 459 g/mol. The summed E-state index contributed by atoms with van der Waals surface area (Å²) in [6.45, 7) is 13.4. The highest BCUT2D eigenvalue weighted by Gasteiger charge is 2.37. The van der Waals surface area contributed by atoms with Crippen molar-refractivity contribution in [1.29, 1.82) is 0 Å². The molecule has 0 bridgehead atoms. The lowest BCUT2D eigenvalue weighted by molar-refractivity contribution is -0.0139. The molecular formula is C25H38N4O4. The number of hydrogen-bond donors (Lipinski definition) is 2. The van der Waals surface area contributed by atoms with E-state index in [1.54, 1.807) is 18.7 Å². The summed E-state index contributed by atoms with van der Waals surface area (Å²) in [5.74, 6) is -0.249. The van der Waals surface area contributed by atoms with Gasteiger partial charge in [0.15, 0.2) is 5.69 Å². The number of piperidine rings is 1. The number of amides is 2. The normalized spacial score (nSPS) is 19.7. The second-order valence-electron chi connectivity index (χ2n) is 11.0. The number of para-hydroxylation sites is 1. The zero-order chi connectivity index (χ0) is 24.6. The fourth-order valence-corrected chi connectivity index (χ4v) is 4.38. The number of likely N-dealkylation sites (tertiary alicyclic amines) is 1. The molecule has 8 heteroatoms. The van der Waals surface area contributed by atoms with E-state index in [1.807, 2.05) is 63.6 Å². The van der Waals surface area contributed by atoms with Gasteiger partial charge in [-0.1, -0.05) is 18.2 Å². The van der Waals surface area contributed by atoms with E-state index in [9.17, 15) is 14.7 Å². The molecule has 2 heterocycles. The molecule has 2 N–H and O–H groups in total. The third-order valence-electron chi connectivity index (χ3n) is 5.72. The predicted octanol–water partition coefficient (Wildman–Crippen LogP) is 4.28. The highest BCUT2D eigenvalue weighted by Crippen LogP contribution is 2.28. The molecule has 8 nitrogen and oxygen atoms in total. The highest BCUT2D eigenvalue weighted by atomic mass is 16.6. The zero-order valence-electron chi connectivity index (χ0n) is 20.9. The monoisotopic (exact) mass is 458 g/mol. The molecule has 33 heavy (non-hydrogen) atoms. The van der Waals surface area contributed by atoms with Crippen molar-refractivity contribution >= 4 is 22.9 Å². The van der Waals surface area contributed by atoms with Crippen molar-refractivity contribution in [2.75, 3.05) is 6.54 Å². The first-order valence-electron chi connectivity index (χ1n) is 11.8. The third kappa shape index (κ3) is 6.25. The van der Waals surface area contributed by atoms with Crippen LogP contribution in [0.4, 0.5) is 4.79 Å². The number of carbonyl (C=O) groups excluding carboxylic acids is 2.